The summed E-state index contributed by atoms with van der Waals surface area (Å²) in [5, 5.41) is 11.6. The molecule has 1 amide bonds. The molecular formula is C13H18F2N2O2S. The molecule has 1 heterocycles. The fraction of sp³-hybridized carbons (Fsp3) is 0.538. The summed E-state index contributed by atoms with van der Waals surface area (Å²) in [6.07, 6.45) is 1.91. The zero-order chi connectivity index (χ0) is 15.2. The number of pyridine rings is 1. The smallest absolute Gasteiger partial charge is 0.290 e. The Morgan fingerprint density at radius 2 is 2.25 bits per heavy atom. The van der Waals surface area contributed by atoms with Crippen molar-refractivity contribution >= 4 is 17.7 Å². The molecule has 2 N–H and O–H groups in total. The quantitative estimate of drug-likeness (QED) is 0.760. The van der Waals surface area contributed by atoms with Gasteiger partial charge in [-0.25, -0.2) is 4.98 Å². The normalized spacial score (nSPS) is 11.7. The number of carbonyl (C=O) groups excluding carboxylic acids is 1. The second-order valence-electron chi connectivity index (χ2n) is 5.06. The average molecular weight is 304 g/mol. The molecule has 4 nitrogen and oxygen atoms in total. The van der Waals surface area contributed by atoms with Crippen molar-refractivity contribution in [2.75, 3.05) is 13.2 Å². The van der Waals surface area contributed by atoms with Crippen molar-refractivity contribution in [2.24, 2.45) is 5.41 Å². The van der Waals surface area contributed by atoms with Gasteiger partial charge in [0.1, 0.15) is 5.03 Å². The molecule has 0 atom stereocenters. The number of nitrogens with zero attached hydrogens (tertiary/aromatic N) is 1. The van der Waals surface area contributed by atoms with E-state index < -0.39 is 11.7 Å². The van der Waals surface area contributed by atoms with Gasteiger partial charge in [0.2, 0.25) is 0 Å². The summed E-state index contributed by atoms with van der Waals surface area (Å²) in [6, 6.07) is 3.00. The lowest BCUT2D eigenvalue weighted by Gasteiger charge is -2.24. The average Bonchev–Trinajstić information content (AvgIpc) is 2.36. The molecule has 0 unspecified atom stereocenters. The van der Waals surface area contributed by atoms with Gasteiger partial charge >= 0.3 is 0 Å². The third-order valence-corrected chi connectivity index (χ3v) is 3.46. The van der Waals surface area contributed by atoms with E-state index in [4.69, 9.17) is 5.11 Å². The Labute approximate surface area is 121 Å². The van der Waals surface area contributed by atoms with Gasteiger partial charge in [-0.1, -0.05) is 13.8 Å². The van der Waals surface area contributed by atoms with E-state index in [1.54, 1.807) is 0 Å². The molecule has 0 radical (unpaired) electrons. The molecule has 0 fully saturated rings. The summed E-state index contributed by atoms with van der Waals surface area (Å²) in [7, 11) is 0. The van der Waals surface area contributed by atoms with Gasteiger partial charge < -0.3 is 10.4 Å². The summed E-state index contributed by atoms with van der Waals surface area (Å²) in [5.74, 6) is -3.06. The van der Waals surface area contributed by atoms with Crippen LogP contribution in [0.1, 0.15) is 30.6 Å². The van der Waals surface area contributed by atoms with Crippen LogP contribution in [0.2, 0.25) is 0 Å². The number of aromatic nitrogens is 1. The Hall–Kier alpha value is -1.21. The number of alkyl halides is 2. The van der Waals surface area contributed by atoms with Crippen LogP contribution >= 0.6 is 11.8 Å². The van der Waals surface area contributed by atoms with Crippen LogP contribution < -0.4 is 5.32 Å². The lowest BCUT2D eigenvalue weighted by molar-refractivity contribution is 0.0924. The Kier molecular flexibility index (Phi) is 6.35. The van der Waals surface area contributed by atoms with Crippen molar-refractivity contribution in [3.63, 3.8) is 0 Å². The fourth-order valence-electron chi connectivity index (χ4n) is 1.55. The minimum Gasteiger partial charge on any atom is -0.396 e. The zero-order valence-electron chi connectivity index (χ0n) is 11.4. The van der Waals surface area contributed by atoms with Gasteiger partial charge in [0.25, 0.3) is 11.7 Å². The third-order valence-electron chi connectivity index (χ3n) is 2.73. The van der Waals surface area contributed by atoms with E-state index in [0.29, 0.717) is 13.0 Å². The van der Waals surface area contributed by atoms with E-state index in [-0.39, 0.29) is 34.4 Å². The predicted molar refractivity (Wildman–Crippen MR) is 73.9 cm³/mol. The molecule has 1 rings (SSSR count). The van der Waals surface area contributed by atoms with Crippen molar-refractivity contribution in [3.8, 4) is 0 Å². The Morgan fingerprint density at radius 1 is 1.55 bits per heavy atom. The fourth-order valence-corrected chi connectivity index (χ4v) is 2.13. The van der Waals surface area contributed by atoms with E-state index in [0.717, 1.165) is 0 Å². The molecule has 0 aliphatic rings. The molecule has 0 saturated carbocycles. The van der Waals surface area contributed by atoms with Crippen LogP contribution in [0.15, 0.2) is 23.4 Å². The van der Waals surface area contributed by atoms with Gasteiger partial charge in [-0.2, -0.15) is 8.78 Å². The Morgan fingerprint density at radius 3 is 2.85 bits per heavy atom. The summed E-state index contributed by atoms with van der Waals surface area (Å²) in [6.45, 7) is 4.19. The third kappa shape index (κ3) is 5.42. The molecule has 20 heavy (non-hydrogen) atoms. The lowest BCUT2D eigenvalue weighted by atomic mass is 9.90. The highest BCUT2D eigenvalue weighted by Crippen LogP contribution is 2.26. The molecule has 0 aliphatic carbocycles. The van der Waals surface area contributed by atoms with Crippen LogP contribution in [0, 0.1) is 5.41 Å². The highest BCUT2D eigenvalue weighted by Gasteiger charge is 2.21. The van der Waals surface area contributed by atoms with Crippen molar-refractivity contribution in [2.45, 2.75) is 31.1 Å². The molecule has 0 aliphatic heterocycles. The van der Waals surface area contributed by atoms with E-state index in [2.05, 4.69) is 10.3 Å². The molecule has 112 valence electrons. The van der Waals surface area contributed by atoms with E-state index in [9.17, 15) is 13.6 Å². The van der Waals surface area contributed by atoms with Gasteiger partial charge in [-0.3, -0.25) is 4.79 Å². The molecule has 0 aromatic carbocycles. The van der Waals surface area contributed by atoms with Crippen molar-refractivity contribution in [3.05, 3.63) is 23.9 Å². The van der Waals surface area contributed by atoms with Crippen LogP contribution in [0.3, 0.4) is 0 Å². The highest BCUT2D eigenvalue weighted by molar-refractivity contribution is 7.99. The standard InChI is InChI=1S/C13H18F2N2O2S/c1-13(2,5-7-18)8-17-10(19)9-4-3-6-16-11(9)20-12(14)15/h3-4,6,12,18H,5,7-8H2,1-2H3,(H,17,19). The van der Waals surface area contributed by atoms with Crippen LogP contribution in [-0.4, -0.2) is 34.9 Å². The van der Waals surface area contributed by atoms with Gasteiger partial charge in [0.15, 0.2) is 0 Å². The van der Waals surface area contributed by atoms with Crippen molar-refractivity contribution in [1.82, 2.24) is 10.3 Å². The zero-order valence-corrected chi connectivity index (χ0v) is 12.2. The van der Waals surface area contributed by atoms with Gasteiger partial charge in [0.05, 0.1) is 5.56 Å². The first-order valence-electron chi connectivity index (χ1n) is 6.14. The molecule has 1 aromatic rings. The Balaban J connectivity index is 2.73. The molecule has 0 bridgehead atoms. The summed E-state index contributed by atoms with van der Waals surface area (Å²) in [5.41, 5.74) is -0.125. The predicted octanol–water partition coefficient (Wildman–Crippen LogP) is 2.53. The maximum atomic E-state index is 12.4. The number of hydrogen-bond donors (Lipinski definition) is 2. The number of aliphatic hydroxyl groups is 1. The maximum Gasteiger partial charge on any atom is 0.290 e. The second kappa shape index (κ2) is 7.54. The molecule has 0 spiro atoms. The number of hydrogen-bond acceptors (Lipinski definition) is 4. The van der Waals surface area contributed by atoms with E-state index >= 15 is 0 Å². The molecule has 1 aromatic heterocycles. The summed E-state index contributed by atoms with van der Waals surface area (Å²) < 4.78 is 24.8. The largest absolute Gasteiger partial charge is 0.396 e. The first-order chi connectivity index (χ1) is 9.35. The number of carbonyl (C=O) groups is 1. The number of rotatable bonds is 7. The number of aliphatic hydroxyl groups excluding tert-OH is 1. The van der Waals surface area contributed by atoms with Gasteiger partial charge in [-0.15, -0.1) is 0 Å². The van der Waals surface area contributed by atoms with Crippen molar-refractivity contribution in [1.29, 1.82) is 0 Å². The monoisotopic (exact) mass is 304 g/mol. The van der Waals surface area contributed by atoms with Gasteiger partial charge in [0, 0.05) is 19.3 Å². The maximum absolute atomic E-state index is 12.4. The topological polar surface area (TPSA) is 62.2 Å². The van der Waals surface area contributed by atoms with Gasteiger partial charge in [-0.05, 0) is 35.7 Å². The van der Waals surface area contributed by atoms with Crippen LogP contribution in [0.25, 0.3) is 0 Å². The number of amides is 1. The Bertz CT molecular complexity index is 456. The molecule has 7 heteroatoms. The lowest BCUT2D eigenvalue weighted by Crippen LogP contribution is -2.34. The number of halogens is 2. The van der Waals surface area contributed by atoms with Crippen molar-refractivity contribution < 1.29 is 18.7 Å². The minimum absolute atomic E-state index is 0.0139. The minimum atomic E-state index is -2.62. The first kappa shape index (κ1) is 16.8. The molecule has 0 saturated heterocycles. The van der Waals surface area contributed by atoms with Crippen LogP contribution in [0.4, 0.5) is 8.78 Å². The van der Waals surface area contributed by atoms with E-state index in [1.807, 2.05) is 13.8 Å². The van der Waals surface area contributed by atoms with Crippen LogP contribution in [-0.2, 0) is 0 Å². The number of thioether (sulfide) groups is 1. The first-order valence-corrected chi connectivity index (χ1v) is 7.02. The summed E-state index contributed by atoms with van der Waals surface area (Å²) in [4.78, 5) is 15.8. The highest BCUT2D eigenvalue weighted by atomic mass is 32.2. The van der Waals surface area contributed by atoms with Crippen LogP contribution in [0.5, 0.6) is 0 Å². The SMILES string of the molecule is CC(C)(CCO)CNC(=O)c1cccnc1SC(F)F. The number of nitrogens with one attached hydrogen (secondary N) is 1. The second-order valence-corrected chi connectivity index (χ2v) is 6.03. The van der Waals surface area contributed by atoms with E-state index in [1.165, 1.54) is 18.3 Å². The summed E-state index contributed by atoms with van der Waals surface area (Å²) >= 11 is 0.252. The molecular weight excluding hydrogens is 286 g/mol.